The number of morpholine rings is 1. The summed E-state index contributed by atoms with van der Waals surface area (Å²) < 4.78 is 5.58. The van der Waals surface area contributed by atoms with Gasteiger partial charge in [0.1, 0.15) is 0 Å². The van der Waals surface area contributed by atoms with Crippen LogP contribution in [0.2, 0.25) is 0 Å². The van der Waals surface area contributed by atoms with E-state index in [0.717, 1.165) is 32.5 Å². The molecule has 2 heterocycles. The minimum Gasteiger partial charge on any atom is -0.375 e. The molecule has 1 N–H and O–H groups in total. The molecule has 0 spiro atoms. The highest BCUT2D eigenvalue weighted by atomic mass is 16.5. The van der Waals surface area contributed by atoms with Crippen LogP contribution in [-0.2, 0) is 9.53 Å². The molecule has 0 bridgehead atoms. The molecule has 2 fully saturated rings. The van der Waals surface area contributed by atoms with Crippen molar-refractivity contribution in [3.8, 4) is 0 Å². The van der Waals surface area contributed by atoms with E-state index in [1.54, 1.807) is 0 Å². The Hall–Kier alpha value is -0.610. The maximum Gasteiger partial charge on any atom is 0.239 e. The van der Waals surface area contributed by atoms with Crippen molar-refractivity contribution in [3.63, 3.8) is 0 Å². The molecule has 0 aromatic rings. The van der Waals surface area contributed by atoms with Crippen LogP contribution in [0.15, 0.2) is 0 Å². The Morgan fingerprint density at radius 2 is 2.38 bits per heavy atom. The summed E-state index contributed by atoms with van der Waals surface area (Å²) in [5.74, 6) is 0.279. The van der Waals surface area contributed by atoms with Crippen LogP contribution in [-0.4, -0.2) is 49.2 Å². The Bertz CT molecular complexity index is 239. The zero-order valence-corrected chi connectivity index (χ0v) is 10.1. The molecule has 2 aliphatic heterocycles. The molecule has 0 aromatic heterocycles. The van der Waals surface area contributed by atoms with E-state index >= 15 is 0 Å². The standard InChI is InChI=1S/C12H22N2O2/c1-2-10-9-14(7-8-16-10)12(15)11-5-3-4-6-13-11/h10-11,13H,2-9H2,1H3/t10?,11-/m0/s1. The van der Waals surface area contributed by atoms with Gasteiger partial charge in [0, 0.05) is 13.1 Å². The predicted molar refractivity (Wildman–Crippen MR) is 62.3 cm³/mol. The third-order valence-electron chi connectivity index (χ3n) is 3.51. The number of piperidine rings is 1. The summed E-state index contributed by atoms with van der Waals surface area (Å²) in [6.07, 6.45) is 4.59. The second-order valence-electron chi connectivity index (χ2n) is 4.69. The Labute approximate surface area is 97.3 Å². The van der Waals surface area contributed by atoms with Crippen LogP contribution in [0, 0.1) is 0 Å². The first-order valence-corrected chi connectivity index (χ1v) is 6.45. The first-order valence-electron chi connectivity index (χ1n) is 6.45. The van der Waals surface area contributed by atoms with Crippen molar-refractivity contribution in [1.82, 2.24) is 10.2 Å². The van der Waals surface area contributed by atoms with Crippen molar-refractivity contribution in [2.24, 2.45) is 0 Å². The lowest BCUT2D eigenvalue weighted by atomic mass is 10.0. The molecule has 0 aliphatic carbocycles. The van der Waals surface area contributed by atoms with E-state index in [1.807, 2.05) is 4.90 Å². The fourth-order valence-electron chi connectivity index (χ4n) is 2.45. The van der Waals surface area contributed by atoms with Crippen LogP contribution in [0.4, 0.5) is 0 Å². The van der Waals surface area contributed by atoms with E-state index in [-0.39, 0.29) is 18.1 Å². The monoisotopic (exact) mass is 226 g/mol. The van der Waals surface area contributed by atoms with Gasteiger partial charge in [-0.15, -0.1) is 0 Å². The highest BCUT2D eigenvalue weighted by Gasteiger charge is 2.29. The number of carbonyl (C=O) groups excluding carboxylic acids is 1. The summed E-state index contributed by atoms with van der Waals surface area (Å²) in [5, 5.41) is 3.32. The number of rotatable bonds is 2. The van der Waals surface area contributed by atoms with Crippen molar-refractivity contribution >= 4 is 5.91 Å². The number of hydrogen-bond donors (Lipinski definition) is 1. The third-order valence-corrected chi connectivity index (χ3v) is 3.51. The molecule has 2 saturated heterocycles. The smallest absolute Gasteiger partial charge is 0.239 e. The quantitative estimate of drug-likeness (QED) is 0.756. The molecule has 92 valence electrons. The van der Waals surface area contributed by atoms with Gasteiger partial charge in [-0.25, -0.2) is 0 Å². The molecule has 2 rings (SSSR count). The summed E-state index contributed by atoms with van der Waals surface area (Å²) in [4.78, 5) is 14.2. The fraction of sp³-hybridized carbons (Fsp3) is 0.917. The van der Waals surface area contributed by atoms with Crippen LogP contribution >= 0.6 is 0 Å². The maximum atomic E-state index is 12.2. The minimum atomic E-state index is 0.0596. The van der Waals surface area contributed by atoms with Gasteiger partial charge < -0.3 is 15.0 Å². The van der Waals surface area contributed by atoms with Crippen LogP contribution in [0.3, 0.4) is 0 Å². The topological polar surface area (TPSA) is 41.6 Å². The number of hydrogen-bond acceptors (Lipinski definition) is 3. The average molecular weight is 226 g/mol. The van der Waals surface area contributed by atoms with Gasteiger partial charge in [-0.1, -0.05) is 13.3 Å². The molecule has 1 amide bonds. The normalized spacial score (nSPS) is 31.4. The Kier molecular flexibility index (Phi) is 4.18. The summed E-state index contributed by atoms with van der Waals surface area (Å²) in [5.41, 5.74) is 0. The van der Waals surface area contributed by atoms with Crippen LogP contribution in [0.5, 0.6) is 0 Å². The zero-order chi connectivity index (χ0) is 11.4. The number of nitrogens with one attached hydrogen (secondary N) is 1. The largest absolute Gasteiger partial charge is 0.375 e. The molecular formula is C12H22N2O2. The van der Waals surface area contributed by atoms with E-state index in [0.29, 0.717) is 6.61 Å². The maximum absolute atomic E-state index is 12.2. The van der Waals surface area contributed by atoms with Gasteiger partial charge in [0.05, 0.1) is 18.8 Å². The van der Waals surface area contributed by atoms with Crippen molar-refractivity contribution in [2.45, 2.75) is 44.8 Å². The van der Waals surface area contributed by atoms with Gasteiger partial charge in [-0.3, -0.25) is 4.79 Å². The van der Waals surface area contributed by atoms with Crippen molar-refractivity contribution in [2.75, 3.05) is 26.2 Å². The van der Waals surface area contributed by atoms with Crippen molar-refractivity contribution in [3.05, 3.63) is 0 Å². The van der Waals surface area contributed by atoms with Gasteiger partial charge in [0.15, 0.2) is 0 Å². The zero-order valence-electron chi connectivity index (χ0n) is 10.1. The van der Waals surface area contributed by atoms with E-state index in [1.165, 1.54) is 12.8 Å². The van der Waals surface area contributed by atoms with E-state index in [4.69, 9.17) is 4.74 Å². The van der Waals surface area contributed by atoms with Gasteiger partial charge in [0.25, 0.3) is 0 Å². The third kappa shape index (κ3) is 2.74. The number of carbonyl (C=O) groups is 1. The van der Waals surface area contributed by atoms with Gasteiger partial charge in [-0.2, -0.15) is 0 Å². The summed E-state index contributed by atoms with van der Waals surface area (Å²) in [6.45, 7) is 5.31. The molecule has 0 saturated carbocycles. The lowest BCUT2D eigenvalue weighted by Crippen LogP contribution is -2.53. The number of ether oxygens (including phenoxy) is 1. The highest BCUT2D eigenvalue weighted by molar-refractivity contribution is 5.82. The Morgan fingerprint density at radius 3 is 3.06 bits per heavy atom. The summed E-state index contributed by atoms with van der Waals surface area (Å²) in [7, 11) is 0. The van der Waals surface area contributed by atoms with E-state index < -0.39 is 0 Å². The van der Waals surface area contributed by atoms with Crippen LogP contribution in [0.25, 0.3) is 0 Å². The lowest BCUT2D eigenvalue weighted by Gasteiger charge is -2.35. The Morgan fingerprint density at radius 1 is 1.50 bits per heavy atom. The van der Waals surface area contributed by atoms with Crippen LogP contribution < -0.4 is 5.32 Å². The second-order valence-corrected chi connectivity index (χ2v) is 4.69. The molecule has 0 radical (unpaired) electrons. The molecule has 0 aromatic carbocycles. The van der Waals surface area contributed by atoms with Crippen LogP contribution in [0.1, 0.15) is 32.6 Å². The first-order chi connectivity index (χ1) is 7.81. The lowest BCUT2D eigenvalue weighted by molar-refractivity contribution is -0.141. The molecule has 4 heteroatoms. The minimum absolute atomic E-state index is 0.0596. The number of nitrogens with zero attached hydrogens (tertiary/aromatic N) is 1. The van der Waals surface area contributed by atoms with Crippen molar-refractivity contribution < 1.29 is 9.53 Å². The molecule has 16 heavy (non-hydrogen) atoms. The molecular weight excluding hydrogens is 204 g/mol. The van der Waals surface area contributed by atoms with Gasteiger partial charge in [0.2, 0.25) is 5.91 Å². The highest BCUT2D eigenvalue weighted by Crippen LogP contribution is 2.14. The average Bonchev–Trinajstić information content (AvgIpc) is 2.39. The fourth-order valence-corrected chi connectivity index (χ4v) is 2.45. The number of amides is 1. The summed E-state index contributed by atoms with van der Waals surface area (Å²) >= 11 is 0. The summed E-state index contributed by atoms with van der Waals surface area (Å²) in [6, 6.07) is 0.0596. The van der Waals surface area contributed by atoms with Crippen molar-refractivity contribution in [1.29, 1.82) is 0 Å². The SMILES string of the molecule is CCC1CN(C(=O)[C@@H]2CCCCN2)CCO1. The molecule has 4 nitrogen and oxygen atoms in total. The van der Waals surface area contributed by atoms with Gasteiger partial charge >= 0.3 is 0 Å². The van der Waals surface area contributed by atoms with E-state index in [9.17, 15) is 4.79 Å². The Balaban J connectivity index is 1.87. The van der Waals surface area contributed by atoms with Gasteiger partial charge in [-0.05, 0) is 25.8 Å². The second kappa shape index (κ2) is 5.64. The predicted octanol–water partition coefficient (Wildman–Crippen LogP) is 0.766. The molecule has 1 unspecified atom stereocenters. The molecule has 2 aliphatic rings. The first kappa shape index (κ1) is 11.9. The van der Waals surface area contributed by atoms with E-state index in [2.05, 4.69) is 12.2 Å². The molecule has 2 atom stereocenters.